The van der Waals surface area contributed by atoms with E-state index in [0.717, 1.165) is 116 Å². The maximum absolute atomic E-state index is 14.8. The molecule has 1 unspecified atom stereocenters. The Balaban J connectivity index is 4.75. The summed E-state index contributed by atoms with van der Waals surface area (Å²) in [6, 6.07) is 0. The van der Waals surface area contributed by atoms with Crippen LogP contribution < -0.4 is 5.73 Å². The second kappa shape index (κ2) is 53.1. The first-order valence-corrected chi connectivity index (χ1v) is 30.5. The summed E-state index contributed by atoms with van der Waals surface area (Å²) in [7, 11) is 0. The van der Waals surface area contributed by atoms with E-state index in [4.69, 9.17) is 5.73 Å². The number of amides is 3. The standard InChI is InChI=1S/C60H119FN4O3/c1-5-9-13-17-21-25-33-41-51-63(52-42-34-26-22-18-14-10-6-2)58(66)47-39-31-29-37-45-55-65(60(68)57(61)49-50-62)56-46-38-30-32-40-48-59(67)64(53-43-35-27-23-19-15-11-7-3)54-44-36-28-24-20-16-12-8-4/h57H,5-56,62H2,1-4H3. The van der Waals surface area contributed by atoms with Gasteiger partial charge in [0.2, 0.25) is 11.8 Å². The summed E-state index contributed by atoms with van der Waals surface area (Å²) in [5.41, 5.74) is 5.64. The Bertz CT molecular complexity index is 967. The fourth-order valence-electron chi connectivity index (χ4n) is 9.80. The molecule has 0 heterocycles. The lowest BCUT2D eigenvalue weighted by Crippen LogP contribution is -2.39. The average Bonchev–Trinajstić information content (AvgIpc) is 3.34. The van der Waals surface area contributed by atoms with Gasteiger partial charge in [-0.15, -0.1) is 0 Å². The number of carbonyl (C=O) groups excluding carboxylic acids is 3. The highest BCUT2D eigenvalue weighted by atomic mass is 19.1. The van der Waals surface area contributed by atoms with Crippen LogP contribution in [-0.4, -0.2) is 84.4 Å². The number of rotatable bonds is 55. The third kappa shape index (κ3) is 43.1. The molecule has 0 rings (SSSR count). The molecule has 0 fully saturated rings. The zero-order valence-electron chi connectivity index (χ0n) is 46.4. The highest BCUT2D eigenvalue weighted by Gasteiger charge is 2.23. The van der Waals surface area contributed by atoms with Crippen LogP contribution in [0.4, 0.5) is 4.39 Å². The molecule has 1 atom stereocenters. The van der Waals surface area contributed by atoms with Gasteiger partial charge in [-0.1, -0.05) is 246 Å². The molecule has 0 aliphatic heterocycles. The molecule has 0 bridgehead atoms. The normalized spacial score (nSPS) is 11.9. The first kappa shape index (κ1) is 66.3. The quantitative estimate of drug-likeness (QED) is 0.0615. The molecule has 0 aliphatic rings. The summed E-state index contributed by atoms with van der Waals surface area (Å²) in [6.45, 7) is 14.0. The third-order valence-electron chi connectivity index (χ3n) is 14.5. The van der Waals surface area contributed by atoms with Crippen LogP contribution in [0.25, 0.3) is 0 Å². The van der Waals surface area contributed by atoms with Crippen LogP contribution in [0.1, 0.15) is 317 Å². The molecule has 0 aliphatic carbocycles. The van der Waals surface area contributed by atoms with E-state index in [1.54, 1.807) is 4.90 Å². The fraction of sp³-hybridized carbons (Fsp3) is 0.950. The monoisotopic (exact) mass is 963 g/mol. The van der Waals surface area contributed by atoms with Crippen molar-refractivity contribution >= 4 is 17.7 Å². The molecule has 0 radical (unpaired) electrons. The summed E-state index contributed by atoms with van der Waals surface area (Å²) in [5, 5.41) is 0. The van der Waals surface area contributed by atoms with E-state index in [-0.39, 0.29) is 13.0 Å². The predicted molar refractivity (Wildman–Crippen MR) is 294 cm³/mol. The van der Waals surface area contributed by atoms with Crippen molar-refractivity contribution in [1.82, 2.24) is 14.7 Å². The van der Waals surface area contributed by atoms with Gasteiger partial charge in [0.1, 0.15) is 0 Å². The summed E-state index contributed by atoms with van der Waals surface area (Å²) < 4.78 is 14.8. The summed E-state index contributed by atoms with van der Waals surface area (Å²) in [6.07, 6.45) is 50.5. The fourth-order valence-corrected chi connectivity index (χ4v) is 9.80. The molecule has 0 spiro atoms. The van der Waals surface area contributed by atoms with Crippen LogP contribution in [0.5, 0.6) is 0 Å². The first-order chi connectivity index (χ1) is 33.4. The number of halogens is 1. The van der Waals surface area contributed by atoms with Gasteiger partial charge in [0.25, 0.3) is 5.91 Å². The summed E-state index contributed by atoms with van der Waals surface area (Å²) in [5.74, 6) is 0.254. The Kier molecular flexibility index (Phi) is 51.8. The van der Waals surface area contributed by atoms with Gasteiger partial charge < -0.3 is 20.4 Å². The van der Waals surface area contributed by atoms with E-state index in [1.165, 1.54) is 180 Å². The molecule has 0 aromatic carbocycles. The highest BCUT2D eigenvalue weighted by Crippen LogP contribution is 2.17. The maximum atomic E-state index is 14.8. The number of hydrogen-bond donors (Lipinski definition) is 1. The van der Waals surface area contributed by atoms with Gasteiger partial charge >= 0.3 is 0 Å². The lowest BCUT2D eigenvalue weighted by Gasteiger charge is -2.24. The predicted octanol–water partition coefficient (Wildman–Crippen LogP) is 17.4. The topological polar surface area (TPSA) is 87.0 Å². The number of hydrogen-bond acceptors (Lipinski definition) is 4. The first-order valence-electron chi connectivity index (χ1n) is 30.5. The van der Waals surface area contributed by atoms with Gasteiger partial charge in [0.05, 0.1) is 0 Å². The van der Waals surface area contributed by atoms with Gasteiger partial charge in [-0.2, -0.15) is 0 Å². The van der Waals surface area contributed by atoms with E-state index >= 15 is 0 Å². The highest BCUT2D eigenvalue weighted by molar-refractivity contribution is 5.80. The molecule has 0 saturated heterocycles. The minimum atomic E-state index is -1.53. The van der Waals surface area contributed by atoms with Gasteiger partial charge in [-0.25, -0.2) is 4.39 Å². The zero-order valence-corrected chi connectivity index (χ0v) is 46.4. The van der Waals surface area contributed by atoms with Gasteiger partial charge in [0.15, 0.2) is 6.17 Å². The van der Waals surface area contributed by atoms with Crippen molar-refractivity contribution in [3.63, 3.8) is 0 Å². The molecule has 68 heavy (non-hydrogen) atoms. The van der Waals surface area contributed by atoms with Gasteiger partial charge in [0, 0.05) is 52.1 Å². The molecule has 3 amide bonds. The van der Waals surface area contributed by atoms with Crippen LogP contribution in [0.3, 0.4) is 0 Å². The van der Waals surface area contributed by atoms with Crippen molar-refractivity contribution in [3.05, 3.63) is 0 Å². The third-order valence-corrected chi connectivity index (χ3v) is 14.5. The second-order valence-electron chi connectivity index (χ2n) is 21.1. The largest absolute Gasteiger partial charge is 0.343 e. The molecule has 2 N–H and O–H groups in total. The van der Waals surface area contributed by atoms with E-state index in [9.17, 15) is 18.8 Å². The Labute approximate surface area is 424 Å². The van der Waals surface area contributed by atoms with Crippen molar-refractivity contribution in [2.24, 2.45) is 5.73 Å². The zero-order chi connectivity index (χ0) is 49.8. The number of nitrogens with two attached hydrogens (primary N) is 1. The van der Waals surface area contributed by atoms with E-state index in [0.29, 0.717) is 37.7 Å². The smallest absolute Gasteiger partial charge is 0.257 e. The number of alkyl halides is 1. The lowest BCUT2D eigenvalue weighted by molar-refractivity contribution is -0.137. The van der Waals surface area contributed by atoms with Crippen LogP contribution >= 0.6 is 0 Å². The minimum Gasteiger partial charge on any atom is -0.343 e. The van der Waals surface area contributed by atoms with Crippen molar-refractivity contribution in [3.8, 4) is 0 Å². The lowest BCUT2D eigenvalue weighted by atomic mass is 10.1. The molecular formula is C60H119FN4O3. The minimum absolute atomic E-state index is 0.0710. The molecule has 8 heteroatoms. The second-order valence-corrected chi connectivity index (χ2v) is 21.1. The van der Waals surface area contributed by atoms with E-state index < -0.39 is 12.1 Å². The SMILES string of the molecule is CCCCCCCCCCN(CCCCCCCCCC)C(=O)CCCCCCCN(CCCCCCCC(=O)N(CCCCCCCCCC)CCCCCCCCCC)C(=O)C(F)CCN. The average molecular weight is 964 g/mol. The Morgan fingerprint density at radius 1 is 0.324 bits per heavy atom. The van der Waals surface area contributed by atoms with Crippen LogP contribution in [-0.2, 0) is 14.4 Å². The maximum Gasteiger partial charge on any atom is 0.257 e. The van der Waals surface area contributed by atoms with Crippen LogP contribution in [0.15, 0.2) is 0 Å². The Morgan fingerprint density at radius 3 is 0.765 bits per heavy atom. The van der Waals surface area contributed by atoms with Crippen LogP contribution in [0.2, 0.25) is 0 Å². The summed E-state index contributed by atoms with van der Waals surface area (Å²) in [4.78, 5) is 46.0. The van der Waals surface area contributed by atoms with Crippen molar-refractivity contribution in [1.29, 1.82) is 0 Å². The molecule has 0 saturated carbocycles. The molecule has 404 valence electrons. The number of unbranched alkanes of at least 4 members (excludes halogenated alkanes) is 36. The van der Waals surface area contributed by atoms with Crippen molar-refractivity contribution < 1.29 is 18.8 Å². The van der Waals surface area contributed by atoms with Crippen molar-refractivity contribution in [2.45, 2.75) is 323 Å². The van der Waals surface area contributed by atoms with Crippen molar-refractivity contribution in [2.75, 3.05) is 45.8 Å². The van der Waals surface area contributed by atoms with E-state index in [2.05, 4.69) is 37.5 Å². The van der Waals surface area contributed by atoms with Crippen LogP contribution in [0, 0.1) is 0 Å². The summed E-state index contributed by atoms with van der Waals surface area (Å²) >= 11 is 0. The molecule has 0 aromatic heterocycles. The Morgan fingerprint density at radius 2 is 0.529 bits per heavy atom. The van der Waals surface area contributed by atoms with E-state index in [1.807, 2.05) is 0 Å². The molecular weight excluding hydrogens is 844 g/mol. The molecule has 7 nitrogen and oxygen atoms in total. The Hall–Kier alpha value is -1.70. The number of carbonyl (C=O) groups is 3. The van der Waals surface area contributed by atoms with Gasteiger partial charge in [-0.05, 0) is 64.3 Å². The van der Waals surface area contributed by atoms with Gasteiger partial charge in [-0.3, -0.25) is 14.4 Å². The molecule has 0 aromatic rings. The number of nitrogens with zero attached hydrogens (tertiary/aromatic N) is 3.